The van der Waals surface area contributed by atoms with Crippen molar-refractivity contribution in [2.45, 2.75) is 70.3 Å². The molecule has 0 aromatic rings. The van der Waals surface area contributed by atoms with Gasteiger partial charge in [-0.25, -0.2) is 0 Å². The van der Waals surface area contributed by atoms with E-state index in [-0.39, 0.29) is 36.2 Å². The molecule has 26 heavy (non-hydrogen) atoms. The molecule has 0 aromatic carbocycles. The minimum atomic E-state index is 0. The maximum Gasteiger partial charge on any atom is 0.226 e. The van der Waals surface area contributed by atoms with Crippen LogP contribution in [0.5, 0.6) is 0 Å². The highest BCUT2D eigenvalue weighted by Crippen LogP contribution is 2.59. The number of carbonyl (C=O) groups excluding carboxylic acids is 2. The standard InChI is InChI=1S/C20H33N3O2.ClH/c24-18(15-4-2-1-3-5-15)22-16-6-12-23(13-7-16)19(25)17-14-20(17)8-10-21-11-9-20;/h15-17,21H,1-14H2,(H,22,24);1H. The summed E-state index contributed by atoms with van der Waals surface area (Å²) in [7, 11) is 0. The van der Waals surface area contributed by atoms with Crippen molar-refractivity contribution in [1.82, 2.24) is 15.5 Å². The van der Waals surface area contributed by atoms with Gasteiger partial charge in [0.25, 0.3) is 0 Å². The Morgan fingerprint density at radius 1 is 0.962 bits per heavy atom. The normalized spacial score (nSPS) is 29.1. The van der Waals surface area contributed by atoms with Crippen LogP contribution >= 0.6 is 12.4 Å². The molecule has 2 saturated carbocycles. The Morgan fingerprint density at radius 2 is 1.62 bits per heavy atom. The highest BCUT2D eigenvalue weighted by molar-refractivity contribution is 5.85. The molecule has 4 aliphatic rings. The van der Waals surface area contributed by atoms with Crippen LogP contribution in [0.25, 0.3) is 0 Å². The fourth-order valence-corrected chi connectivity index (χ4v) is 5.32. The van der Waals surface area contributed by atoms with Crippen LogP contribution in [0.3, 0.4) is 0 Å². The number of hydrogen-bond acceptors (Lipinski definition) is 3. The number of carbonyl (C=O) groups is 2. The van der Waals surface area contributed by atoms with E-state index in [1.54, 1.807) is 0 Å². The van der Waals surface area contributed by atoms with Crippen LogP contribution in [0.1, 0.15) is 64.2 Å². The van der Waals surface area contributed by atoms with Gasteiger partial charge in [0.2, 0.25) is 11.8 Å². The lowest BCUT2D eigenvalue weighted by Crippen LogP contribution is -2.48. The molecule has 1 unspecified atom stereocenters. The molecule has 1 atom stereocenters. The summed E-state index contributed by atoms with van der Waals surface area (Å²) in [6, 6.07) is 0.269. The van der Waals surface area contributed by atoms with Crippen LogP contribution in [-0.2, 0) is 9.59 Å². The second-order valence-corrected chi connectivity index (χ2v) is 8.81. The third kappa shape index (κ3) is 4.19. The van der Waals surface area contributed by atoms with E-state index in [0.29, 0.717) is 11.3 Å². The molecule has 2 saturated heterocycles. The monoisotopic (exact) mass is 383 g/mol. The number of likely N-dealkylation sites (tertiary alicyclic amines) is 1. The summed E-state index contributed by atoms with van der Waals surface area (Å²) in [5.41, 5.74) is 0.328. The molecule has 4 fully saturated rings. The second kappa shape index (κ2) is 8.47. The Hall–Kier alpha value is -0.810. The van der Waals surface area contributed by atoms with Gasteiger partial charge in [0.05, 0.1) is 0 Å². The number of piperidine rings is 2. The average molecular weight is 384 g/mol. The highest BCUT2D eigenvalue weighted by Gasteiger charge is 2.58. The Balaban J connectivity index is 0.00000196. The Morgan fingerprint density at radius 3 is 2.27 bits per heavy atom. The number of nitrogens with zero attached hydrogens (tertiary/aromatic N) is 1. The summed E-state index contributed by atoms with van der Waals surface area (Å²) < 4.78 is 0. The van der Waals surface area contributed by atoms with Crippen molar-refractivity contribution in [2.75, 3.05) is 26.2 Å². The number of hydrogen-bond donors (Lipinski definition) is 2. The van der Waals surface area contributed by atoms with Crippen LogP contribution in [0.4, 0.5) is 0 Å². The lowest BCUT2D eigenvalue weighted by molar-refractivity contribution is -0.135. The first-order valence-electron chi connectivity index (χ1n) is 10.5. The predicted molar refractivity (Wildman–Crippen MR) is 104 cm³/mol. The van der Waals surface area contributed by atoms with Crippen LogP contribution in [0.2, 0.25) is 0 Å². The molecule has 0 aromatic heterocycles. The fraction of sp³-hybridized carbons (Fsp3) is 0.900. The zero-order valence-electron chi connectivity index (χ0n) is 15.8. The quantitative estimate of drug-likeness (QED) is 0.787. The van der Waals surface area contributed by atoms with E-state index in [1.807, 2.05) is 0 Å². The SMILES string of the molecule is Cl.O=C(NC1CCN(C(=O)C2CC23CCNCC3)CC1)C1CCCCC1. The van der Waals surface area contributed by atoms with E-state index in [1.165, 1.54) is 19.3 Å². The zero-order chi connectivity index (χ0) is 17.3. The van der Waals surface area contributed by atoms with E-state index >= 15 is 0 Å². The van der Waals surface area contributed by atoms with Gasteiger partial charge in [0.15, 0.2) is 0 Å². The van der Waals surface area contributed by atoms with Crippen molar-refractivity contribution in [1.29, 1.82) is 0 Å². The topological polar surface area (TPSA) is 61.4 Å². The van der Waals surface area contributed by atoms with Gasteiger partial charge in [-0.3, -0.25) is 9.59 Å². The molecule has 2 N–H and O–H groups in total. The minimum absolute atomic E-state index is 0. The van der Waals surface area contributed by atoms with E-state index in [2.05, 4.69) is 15.5 Å². The smallest absolute Gasteiger partial charge is 0.226 e. The first kappa shape index (κ1) is 19.9. The van der Waals surface area contributed by atoms with Crippen LogP contribution in [0.15, 0.2) is 0 Å². The van der Waals surface area contributed by atoms with Crippen molar-refractivity contribution in [3.63, 3.8) is 0 Å². The maximum absolute atomic E-state index is 12.8. The number of amides is 2. The third-order valence-electron chi connectivity index (χ3n) is 7.22. The van der Waals surface area contributed by atoms with Crippen LogP contribution in [-0.4, -0.2) is 48.9 Å². The summed E-state index contributed by atoms with van der Waals surface area (Å²) in [6.07, 6.45) is 11.1. The second-order valence-electron chi connectivity index (χ2n) is 8.81. The molecule has 148 valence electrons. The Labute approximate surface area is 163 Å². The molecule has 6 heteroatoms. The molecule has 1 spiro atoms. The first-order chi connectivity index (χ1) is 12.2. The van der Waals surface area contributed by atoms with Gasteiger partial charge in [0, 0.05) is 31.0 Å². The molecule has 2 amide bonds. The average Bonchev–Trinajstić information content (AvgIpc) is 3.35. The van der Waals surface area contributed by atoms with Crippen molar-refractivity contribution < 1.29 is 9.59 Å². The van der Waals surface area contributed by atoms with Gasteiger partial charge in [-0.15, -0.1) is 12.4 Å². The highest BCUT2D eigenvalue weighted by atomic mass is 35.5. The van der Waals surface area contributed by atoms with Crippen LogP contribution < -0.4 is 10.6 Å². The largest absolute Gasteiger partial charge is 0.353 e. The maximum atomic E-state index is 12.8. The van der Waals surface area contributed by atoms with Gasteiger partial charge in [-0.1, -0.05) is 19.3 Å². The summed E-state index contributed by atoms with van der Waals surface area (Å²) in [4.78, 5) is 27.3. The lowest BCUT2D eigenvalue weighted by atomic mass is 9.88. The van der Waals surface area contributed by atoms with Gasteiger partial charge in [0.1, 0.15) is 0 Å². The van der Waals surface area contributed by atoms with Gasteiger partial charge in [-0.05, 0) is 63.5 Å². The molecular formula is C20H34ClN3O2. The zero-order valence-corrected chi connectivity index (χ0v) is 16.6. The lowest BCUT2D eigenvalue weighted by Gasteiger charge is -2.34. The molecule has 5 nitrogen and oxygen atoms in total. The Kier molecular flexibility index (Phi) is 6.50. The summed E-state index contributed by atoms with van der Waals surface area (Å²) >= 11 is 0. The van der Waals surface area contributed by atoms with Gasteiger partial charge in [-0.2, -0.15) is 0 Å². The van der Waals surface area contributed by atoms with E-state index in [0.717, 1.165) is 71.1 Å². The van der Waals surface area contributed by atoms with Gasteiger partial charge >= 0.3 is 0 Å². The molecular weight excluding hydrogens is 350 g/mol. The summed E-state index contributed by atoms with van der Waals surface area (Å²) in [5.74, 6) is 1.17. The van der Waals surface area contributed by atoms with E-state index in [4.69, 9.17) is 0 Å². The minimum Gasteiger partial charge on any atom is -0.353 e. The van der Waals surface area contributed by atoms with Crippen molar-refractivity contribution in [3.05, 3.63) is 0 Å². The summed E-state index contributed by atoms with van der Waals surface area (Å²) in [6.45, 7) is 3.77. The Bertz CT molecular complexity index is 507. The molecule has 2 aliphatic heterocycles. The molecule has 0 bridgehead atoms. The molecule has 2 heterocycles. The van der Waals surface area contributed by atoms with Crippen molar-refractivity contribution >= 4 is 24.2 Å². The number of nitrogens with one attached hydrogen (secondary N) is 2. The molecule has 0 radical (unpaired) electrons. The van der Waals surface area contributed by atoms with E-state index in [9.17, 15) is 9.59 Å². The number of halogens is 1. The predicted octanol–water partition coefficient (Wildman–Crippen LogP) is 2.49. The number of rotatable bonds is 3. The molecule has 4 rings (SSSR count). The fourth-order valence-electron chi connectivity index (χ4n) is 5.32. The third-order valence-corrected chi connectivity index (χ3v) is 7.22. The summed E-state index contributed by atoms with van der Waals surface area (Å²) in [5, 5.41) is 6.67. The van der Waals surface area contributed by atoms with E-state index < -0.39 is 0 Å². The van der Waals surface area contributed by atoms with Crippen molar-refractivity contribution in [2.24, 2.45) is 17.3 Å². The van der Waals surface area contributed by atoms with Crippen molar-refractivity contribution in [3.8, 4) is 0 Å². The molecule has 2 aliphatic carbocycles. The van der Waals surface area contributed by atoms with Crippen LogP contribution in [0, 0.1) is 17.3 Å². The first-order valence-corrected chi connectivity index (χ1v) is 10.5. The van der Waals surface area contributed by atoms with Gasteiger partial charge < -0.3 is 15.5 Å².